The number of hydrogen-bond donors (Lipinski definition) is 0. The molecule has 152 valence electrons. The Kier molecular flexibility index (Phi) is 6.41. The second-order valence-corrected chi connectivity index (χ2v) is 8.62. The van der Waals surface area contributed by atoms with Gasteiger partial charge in [-0.3, -0.25) is 4.79 Å². The van der Waals surface area contributed by atoms with E-state index in [1.165, 1.54) is 11.8 Å². The molecule has 0 radical (unpaired) electrons. The van der Waals surface area contributed by atoms with E-state index in [-0.39, 0.29) is 24.2 Å². The van der Waals surface area contributed by atoms with Gasteiger partial charge in [0.1, 0.15) is 0 Å². The predicted molar refractivity (Wildman–Crippen MR) is 111 cm³/mol. The van der Waals surface area contributed by atoms with Crippen LogP contribution in [0.5, 0.6) is 0 Å². The first kappa shape index (κ1) is 20.2. The molecule has 0 bridgehead atoms. The van der Waals surface area contributed by atoms with E-state index >= 15 is 0 Å². The molecule has 1 aromatic carbocycles. The topological polar surface area (TPSA) is 98.2 Å². The zero-order valence-electron chi connectivity index (χ0n) is 15.6. The Hall–Kier alpha value is -2.04. The standard InChI is InChI=1S/C18H18ClN5O3S2/c1-28-9-15-21-23-18(27-15)29-10-16(25)24(11-6-7-11)8-14-20-22-17(26-14)12-4-2-3-5-13(12)19/h2-5,11H,6-10H2,1H3. The minimum atomic E-state index is -0.0281. The van der Waals surface area contributed by atoms with Gasteiger partial charge >= 0.3 is 0 Å². The quantitative estimate of drug-likeness (QED) is 0.448. The van der Waals surface area contributed by atoms with E-state index < -0.39 is 0 Å². The molecule has 0 N–H and O–H groups in total. The maximum absolute atomic E-state index is 12.8. The summed E-state index contributed by atoms with van der Waals surface area (Å²) in [6.07, 6.45) is 3.91. The molecule has 4 rings (SSSR count). The highest BCUT2D eigenvalue weighted by Crippen LogP contribution is 2.31. The summed E-state index contributed by atoms with van der Waals surface area (Å²) in [7, 11) is 0. The average molecular weight is 452 g/mol. The van der Waals surface area contributed by atoms with Crippen molar-refractivity contribution in [2.45, 2.75) is 36.4 Å². The molecule has 1 fully saturated rings. The van der Waals surface area contributed by atoms with Crippen molar-refractivity contribution >= 4 is 41.0 Å². The Morgan fingerprint density at radius 2 is 1.97 bits per heavy atom. The summed E-state index contributed by atoms with van der Waals surface area (Å²) < 4.78 is 11.3. The van der Waals surface area contributed by atoms with E-state index in [4.69, 9.17) is 20.4 Å². The molecule has 0 atom stereocenters. The van der Waals surface area contributed by atoms with Crippen molar-refractivity contribution in [2.24, 2.45) is 0 Å². The molecule has 2 heterocycles. The number of rotatable bonds is 9. The van der Waals surface area contributed by atoms with Crippen molar-refractivity contribution in [3.05, 3.63) is 41.1 Å². The van der Waals surface area contributed by atoms with Gasteiger partial charge < -0.3 is 13.7 Å². The molecule has 1 saturated carbocycles. The molecular formula is C18H18ClN5O3S2. The van der Waals surface area contributed by atoms with Crippen LogP contribution in [-0.4, -0.2) is 49.3 Å². The fourth-order valence-electron chi connectivity index (χ4n) is 2.70. The first-order chi connectivity index (χ1) is 14.1. The number of hydrogen-bond acceptors (Lipinski definition) is 9. The van der Waals surface area contributed by atoms with E-state index in [2.05, 4.69) is 20.4 Å². The van der Waals surface area contributed by atoms with Crippen LogP contribution in [0, 0.1) is 0 Å². The minimum absolute atomic E-state index is 0.0281. The maximum Gasteiger partial charge on any atom is 0.277 e. The van der Waals surface area contributed by atoms with Crippen LogP contribution in [0.3, 0.4) is 0 Å². The Morgan fingerprint density at radius 1 is 1.17 bits per heavy atom. The van der Waals surface area contributed by atoms with E-state index in [1.807, 2.05) is 24.5 Å². The average Bonchev–Trinajstić information content (AvgIpc) is 3.28. The van der Waals surface area contributed by atoms with Crippen LogP contribution < -0.4 is 0 Å². The highest BCUT2D eigenvalue weighted by Gasteiger charge is 2.34. The number of carbonyl (C=O) groups excluding carboxylic acids is 1. The zero-order chi connectivity index (χ0) is 20.2. The SMILES string of the molecule is CSCc1nnc(SCC(=O)N(Cc2nnc(-c3ccccc3Cl)o2)C2CC2)o1. The van der Waals surface area contributed by atoms with Crippen LogP contribution in [0.25, 0.3) is 11.5 Å². The largest absolute Gasteiger partial charge is 0.419 e. The van der Waals surface area contributed by atoms with E-state index in [9.17, 15) is 4.79 Å². The molecule has 8 nitrogen and oxygen atoms in total. The first-order valence-corrected chi connectivity index (χ1v) is 11.7. The number of carbonyl (C=O) groups is 1. The van der Waals surface area contributed by atoms with Crippen molar-refractivity contribution in [1.82, 2.24) is 25.3 Å². The molecule has 0 unspecified atom stereocenters. The molecule has 1 amide bonds. The van der Waals surface area contributed by atoms with Gasteiger partial charge in [-0.2, -0.15) is 11.8 Å². The van der Waals surface area contributed by atoms with Gasteiger partial charge in [-0.05, 0) is 31.2 Å². The summed E-state index contributed by atoms with van der Waals surface area (Å²) >= 11 is 9.03. The van der Waals surface area contributed by atoms with Gasteiger partial charge in [0.2, 0.25) is 23.6 Å². The van der Waals surface area contributed by atoms with Crippen LogP contribution in [0.15, 0.2) is 38.3 Å². The highest BCUT2D eigenvalue weighted by molar-refractivity contribution is 7.99. The Balaban J connectivity index is 1.39. The maximum atomic E-state index is 12.8. The monoisotopic (exact) mass is 451 g/mol. The molecule has 0 aliphatic heterocycles. The number of aromatic nitrogens is 4. The van der Waals surface area contributed by atoms with Crippen molar-refractivity contribution in [3.8, 4) is 11.5 Å². The smallest absolute Gasteiger partial charge is 0.277 e. The molecule has 29 heavy (non-hydrogen) atoms. The van der Waals surface area contributed by atoms with Crippen LogP contribution >= 0.6 is 35.1 Å². The third kappa shape index (κ3) is 5.12. The van der Waals surface area contributed by atoms with Gasteiger partial charge in [-0.15, -0.1) is 20.4 Å². The zero-order valence-corrected chi connectivity index (χ0v) is 18.0. The van der Waals surface area contributed by atoms with Crippen molar-refractivity contribution in [1.29, 1.82) is 0 Å². The van der Waals surface area contributed by atoms with Crippen molar-refractivity contribution < 1.29 is 13.6 Å². The van der Waals surface area contributed by atoms with Crippen LogP contribution in [0.4, 0.5) is 0 Å². The van der Waals surface area contributed by atoms with Gasteiger partial charge in [0.25, 0.3) is 5.22 Å². The fourth-order valence-corrected chi connectivity index (χ4v) is 3.95. The fraction of sp³-hybridized carbons (Fsp3) is 0.389. The lowest BCUT2D eigenvalue weighted by molar-refractivity contribution is -0.129. The molecular weight excluding hydrogens is 434 g/mol. The van der Waals surface area contributed by atoms with Gasteiger partial charge in [-0.25, -0.2) is 0 Å². The summed E-state index contributed by atoms with van der Waals surface area (Å²) in [5.41, 5.74) is 0.671. The molecule has 0 saturated heterocycles. The summed E-state index contributed by atoms with van der Waals surface area (Å²) in [6, 6.07) is 7.47. The van der Waals surface area contributed by atoms with Crippen molar-refractivity contribution in [3.63, 3.8) is 0 Å². The number of thioether (sulfide) groups is 2. The Morgan fingerprint density at radius 3 is 2.72 bits per heavy atom. The normalized spacial score (nSPS) is 13.6. The second-order valence-electron chi connectivity index (χ2n) is 6.42. The number of benzene rings is 1. The number of halogens is 1. The van der Waals surface area contributed by atoms with Gasteiger partial charge in [0, 0.05) is 6.04 Å². The van der Waals surface area contributed by atoms with Crippen LogP contribution in [-0.2, 0) is 17.1 Å². The van der Waals surface area contributed by atoms with Crippen LogP contribution in [0.2, 0.25) is 5.02 Å². The van der Waals surface area contributed by atoms with E-state index in [1.54, 1.807) is 22.7 Å². The molecule has 11 heteroatoms. The van der Waals surface area contributed by atoms with E-state index in [0.717, 1.165) is 12.8 Å². The van der Waals surface area contributed by atoms with Gasteiger partial charge in [0.05, 0.1) is 28.6 Å². The highest BCUT2D eigenvalue weighted by atomic mass is 35.5. The second kappa shape index (κ2) is 9.19. The molecule has 0 spiro atoms. The predicted octanol–water partition coefficient (Wildman–Crippen LogP) is 3.92. The molecule has 2 aromatic heterocycles. The lowest BCUT2D eigenvalue weighted by Gasteiger charge is -2.19. The Labute approximate surface area is 180 Å². The molecule has 1 aliphatic rings. The molecule has 3 aromatic rings. The molecule has 1 aliphatic carbocycles. The third-order valence-electron chi connectivity index (χ3n) is 4.22. The summed E-state index contributed by atoms with van der Waals surface area (Å²) in [5, 5.41) is 17.0. The summed E-state index contributed by atoms with van der Waals surface area (Å²) in [5.74, 6) is 2.12. The van der Waals surface area contributed by atoms with Crippen LogP contribution in [0.1, 0.15) is 24.6 Å². The third-order valence-corrected chi connectivity index (χ3v) is 5.89. The number of amides is 1. The van der Waals surface area contributed by atoms with Gasteiger partial charge in [0.15, 0.2) is 0 Å². The van der Waals surface area contributed by atoms with E-state index in [0.29, 0.717) is 39.2 Å². The Bertz CT molecular complexity index is 991. The summed E-state index contributed by atoms with van der Waals surface area (Å²) in [4.78, 5) is 14.5. The van der Waals surface area contributed by atoms with Gasteiger partial charge in [-0.1, -0.05) is 35.5 Å². The lowest BCUT2D eigenvalue weighted by atomic mass is 10.2. The first-order valence-electron chi connectivity index (χ1n) is 8.95. The minimum Gasteiger partial charge on any atom is -0.419 e. The summed E-state index contributed by atoms with van der Waals surface area (Å²) in [6.45, 7) is 0.267. The lowest BCUT2D eigenvalue weighted by Crippen LogP contribution is -2.34. The van der Waals surface area contributed by atoms with Crippen molar-refractivity contribution in [2.75, 3.05) is 12.0 Å². The number of nitrogens with zero attached hydrogens (tertiary/aromatic N) is 5.